The third kappa shape index (κ3) is 2.62. The van der Waals surface area contributed by atoms with Crippen LogP contribution in [0.1, 0.15) is 47.9 Å². The lowest BCUT2D eigenvalue weighted by Crippen LogP contribution is -2.75. The van der Waals surface area contributed by atoms with Crippen molar-refractivity contribution in [1.29, 1.82) is 0 Å². The van der Waals surface area contributed by atoms with Crippen LogP contribution in [0.25, 0.3) is 0 Å². The highest BCUT2D eigenvalue weighted by molar-refractivity contribution is 6.21. The maximum Gasteiger partial charge on any atom is 0.261 e. The molecule has 3 N–H and O–H groups in total. The number of amides is 3. The number of carbonyl (C=O) groups is 3. The number of imide groups is 1. The predicted octanol–water partition coefficient (Wildman–Crippen LogP) is 0.931. The molecule has 2 atom stereocenters. The molecule has 1 saturated carbocycles. The molecule has 0 saturated heterocycles. The molecule has 140 valence electrons. The molecule has 7 heteroatoms. The summed E-state index contributed by atoms with van der Waals surface area (Å²) in [5.74, 6) is -0.944. The first-order valence-corrected chi connectivity index (χ1v) is 8.88. The molecule has 3 rings (SSSR count). The van der Waals surface area contributed by atoms with E-state index in [9.17, 15) is 14.4 Å². The van der Waals surface area contributed by atoms with Gasteiger partial charge in [-0.1, -0.05) is 26.0 Å². The summed E-state index contributed by atoms with van der Waals surface area (Å²) in [4.78, 5) is 38.4. The quantitative estimate of drug-likeness (QED) is 0.736. The first-order chi connectivity index (χ1) is 12.2. The van der Waals surface area contributed by atoms with Crippen molar-refractivity contribution in [3.05, 3.63) is 35.4 Å². The molecule has 1 heterocycles. The minimum Gasteiger partial charge on any atom is -0.378 e. The fourth-order valence-electron chi connectivity index (χ4n) is 3.70. The Bertz CT molecular complexity index is 726. The summed E-state index contributed by atoms with van der Waals surface area (Å²) in [6, 6.07) is 6.71. The first-order valence-electron chi connectivity index (χ1n) is 8.88. The van der Waals surface area contributed by atoms with Crippen LogP contribution in [0, 0.1) is 5.41 Å². The molecule has 2 aliphatic rings. The van der Waals surface area contributed by atoms with E-state index in [4.69, 9.17) is 10.5 Å². The number of hydrogen-bond donors (Lipinski definition) is 2. The SMILES string of the molecule is CCOC1CC(N)(C(=O)NCCN2C(=O)c3ccccc3C2=O)C1(C)C. The van der Waals surface area contributed by atoms with Gasteiger partial charge in [-0.3, -0.25) is 19.3 Å². The molecule has 1 aliphatic carbocycles. The summed E-state index contributed by atoms with van der Waals surface area (Å²) >= 11 is 0. The second kappa shape index (κ2) is 6.48. The van der Waals surface area contributed by atoms with Crippen molar-refractivity contribution >= 4 is 17.7 Å². The van der Waals surface area contributed by atoms with Gasteiger partial charge in [-0.05, 0) is 19.1 Å². The zero-order valence-corrected chi connectivity index (χ0v) is 15.4. The van der Waals surface area contributed by atoms with Gasteiger partial charge in [0.25, 0.3) is 11.8 Å². The topological polar surface area (TPSA) is 102 Å². The van der Waals surface area contributed by atoms with E-state index in [0.29, 0.717) is 24.2 Å². The summed E-state index contributed by atoms with van der Waals surface area (Å²) < 4.78 is 5.63. The lowest BCUT2D eigenvalue weighted by atomic mass is 9.54. The molecule has 0 spiro atoms. The highest BCUT2D eigenvalue weighted by Gasteiger charge is 2.62. The van der Waals surface area contributed by atoms with Gasteiger partial charge in [0.15, 0.2) is 0 Å². The Morgan fingerprint density at radius 3 is 2.35 bits per heavy atom. The fourth-order valence-corrected chi connectivity index (χ4v) is 3.70. The Hall–Kier alpha value is -2.25. The summed E-state index contributed by atoms with van der Waals surface area (Å²) in [5.41, 5.74) is 5.62. The molecule has 3 amide bonds. The summed E-state index contributed by atoms with van der Waals surface area (Å²) in [7, 11) is 0. The van der Waals surface area contributed by atoms with Gasteiger partial charge in [0.1, 0.15) is 5.54 Å². The number of benzene rings is 1. The Labute approximate surface area is 152 Å². The number of fused-ring (bicyclic) bond motifs is 1. The molecule has 0 aromatic heterocycles. The average molecular weight is 359 g/mol. The first kappa shape index (κ1) is 18.5. The number of nitrogens with one attached hydrogen (secondary N) is 1. The van der Waals surface area contributed by atoms with Gasteiger partial charge in [-0.25, -0.2) is 0 Å². The van der Waals surface area contributed by atoms with Crippen LogP contribution in [0.4, 0.5) is 0 Å². The molecule has 1 aromatic carbocycles. The number of carbonyl (C=O) groups excluding carboxylic acids is 3. The van der Waals surface area contributed by atoms with E-state index in [1.807, 2.05) is 20.8 Å². The number of nitrogens with zero attached hydrogens (tertiary/aromatic N) is 1. The molecule has 7 nitrogen and oxygen atoms in total. The van der Waals surface area contributed by atoms with Crippen molar-refractivity contribution in [1.82, 2.24) is 10.2 Å². The Kier molecular flexibility index (Phi) is 4.62. The minimum absolute atomic E-state index is 0.0560. The van der Waals surface area contributed by atoms with Crippen LogP contribution < -0.4 is 11.1 Å². The lowest BCUT2D eigenvalue weighted by Gasteiger charge is -2.57. The van der Waals surface area contributed by atoms with Gasteiger partial charge in [0, 0.05) is 31.5 Å². The maximum absolute atomic E-state index is 12.6. The summed E-state index contributed by atoms with van der Waals surface area (Å²) in [6.07, 6.45) is 0.395. The number of hydrogen-bond acceptors (Lipinski definition) is 5. The fraction of sp³-hybridized carbons (Fsp3) is 0.526. The van der Waals surface area contributed by atoms with E-state index in [2.05, 4.69) is 5.32 Å². The van der Waals surface area contributed by atoms with E-state index in [-0.39, 0.29) is 36.9 Å². The van der Waals surface area contributed by atoms with Crippen LogP contribution in [-0.2, 0) is 9.53 Å². The molecule has 0 bridgehead atoms. The molecule has 1 aliphatic heterocycles. The molecule has 1 aromatic rings. The van der Waals surface area contributed by atoms with Crippen LogP contribution in [0.2, 0.25) is 0 Å². The van der Waals surface area contributed by atoms with Crippen molar-refractivity contribution in [2.24, 2.45) is 11.1 Å². The normalized spacial score (nSPS) is 26.5. The van der Waals surface area contributed by atoms with E-state index < -0.39 is 11.0 Å². The Morgan fingerprint density at radius 2 is 1.85 bits per heavy atom. The lowest BCUT2D eigenvalue weighted by molar-refractivity contribution is -0.170. The van der Waals surface area contributed by atoms with Crippen LogP contribution in [0.3, 0.4) is 0 Å². The van der Waals surface area contributed by atoms with E-state index in [0.717, 1.165) is 4.90 Å². The molecule has 1 fully saturated rings. The molecular weight excluding hydrogens is 334 g/mol. The van der Waals surface area contributed by atoms with Crippen molar-refractivity contribution < 1.29 is 19.1 Å². The Balaban J connectivity index is 1.57. The second-order valence-electron chi connectivity index (χ2n) is 7.40. The van der Waals surface area contributed by atoms with Crippen molar-refractivity contribution in [3.63, 3.8) is 0 Å². The third-order valence-electron chi connectivity index (χ3n) is 5.73. The highest BCUT2D eigenvalue weighted by Crippen LogP contribution is 2.49. The summed E-state index contributed by atoms with van der Waals surface area (Å²) in [6.45, 7) is 6.60. The van der Waals surface area contributed by atoms with Gasteiger partial charge < -0.3 is 15.8 Å². The van der Waals surface area contributed by atoms with Crippen molar-refractivity contribution in [2.75, 3.05) is 19.7 Å². The third-order valence-corrected chi connectivity index (χ3v) is 5.73. The zero-order chi connectivity index (χ0) is 19.1. The van der Waals surface area contributed by atoms with Crippen molar-refractivity contribution in [2.45, 2.75) is 38.8 Å². The molecule has 0 radical (unpaired) electrons. The maximum atomic E-state index is 12.6. The molecule has 2 unspecified atom stereocenters. The van der Waals surface area contributed by atoms with E-state index in [1.165, 1.54) is 0 Å². The van der Waals surface area contributed by atoms with Crippen LogP contribution in [0.15, 0.2) is 24.3 Å². The van der Waals surface area contributed by atoms with Gasteiger partial charge in [0.05, 0.1) is 17.2 Å². The number of ether oxygens (including phenoxy) is 1. The minimum atomic E-state index is -1.02. The molecular formula is C19H25N3O4. The standard InChI is InChI=1S/C19H25N3O4/c1-4-26-14-11-19(20,18(14,2)3)17(25)21-9-10-22-15(23)12-7-5-6-8-13(12)16(22)24/h5-8,14H,4,9-11,20H2,1-3H3,(H,21,25). The smallest absolute Gasteiger partial charge is 0.261 e. The van der Waals surface area contributed by atoms with Gasteiger partial charge in [-0.15, -0.1) is 0 Å². The predicted molar refractivity (Wildman–Crippen MR) is 95.5 cm³/mol. The van der Waals surface area contributed by atoms with E-state index >= 15 is 0 Å². The second-order valence-corrected chi connectivity index (χ2v) is 7.40. The number of nitrogens with two attached hydrogens (primary N) is 1. The zero-order valence-electron chi connectivity index (χ0n) is 15.4. The number of rotatable bonds is 6. The average Bonchev–Trinajstić information content (AvgIpc) is 2.86. The monoisotopic (exact) mass is 359 g/mol. The van der Waals surface area contributed by atoms with Crippen molar-refractivity contribution in [3.8, 4) is 0 Å². The molecule has 26 heavy (non-hydrogen) atoms. The van der Waals surface area contributed by atoms with Crippen LogP contribution >= 0.6 is 0 Å². The Morgan fingerprint density at radius 1 is 1.27 bits per heavy atom. The van der Waals surface area contributed by atoms with Gasteiger partial charge in [-0.2, -0.15) is 0 Å². The van der Waals surface area contributed by atoms with E-state index in [1.54, 1.807) is 24.3 Å². The van der Waals surface area contributed by atoms with Crippen LogP contribution in [-0.4, -0.2) is 54.0 Å². The van der Waals surface area contributed by atoms with Gasteiger partial charge in [0.2, 0.25) is 5.91 Å². The van der Waals surface area contributed by atoms with Gasteiger partial charge >= 0.3 is 0 Å². The highest BCUT2D eigenvalue weighted by atomic mass is 16.5. The van der Waals surface area contributed by atoms with Crippen LogP contribution in [0.5, 0.6) is 0 Å². The summed E-state index contributed by atoms with van der Waals surface area (Å²) in [5, 5.41) is 2.77. The largest absolute Gasteiger partial charge is 0.378 e.